The predicted molar refractivity (Wildman–Crippen MR) is 132 cm³/mol. The molecule has 0 saturated heterocycles. The molecule has 0 unspecified atom stereocenters. The summed E-state index contributed by atoms with van der Waals surface area (Å²) >= 11 is 3.60. The van der Waals surface area contributed by atoms with Crippen molar-refractivity contribution in [3.8, 4) is 5.75 Å². The molecule has 3 rings (SSSR count). The molecule has 6 heteroatoms. The summed E-state index contributed by atoms with van der Waals surface area (Å²) in [5.74, 6) is 0.234. The molecule has 3 aromatic carbocycles. The number of rotatable bonds is 10. The number of benzene rings is 3. The van der Waals surface area contributed by atoms with Crippen LogP contribution in [0.15, 0.2) is 71.2 Å². The van der Waals surface area contributed by atoms with E-state index in [1.807, 2.05) is 80.6 Å². The first-order valence-electron chi connectivity index (χ1n) is 11.0. The Morgan fingerprint density at radius 2 is 1.72 bits per heavy atom. The number of nitrogens with zero attached hydrogens (tertiary/aromatic N) is 1. The molecule has 32 heavy (non-hydrogen) atoms. The van der Waals surface area contributed by atoms with Gasteiger partial charge in [-0.3, -0.25) is 9.59 Å². The summed E-state index contributed by atoms with van der Waals surface area (Å²) in [5.41, 5.74) is 0.967. The number of hydrogen-bond acceptors (Lipinski definition) is 3. The number of amides is 2. The van der Waals surface area contributed by atoms with E-state index in [9.17, 15) is 9.59 Å². The fourth-order valence-corrected chi connectivity index (χ4v) is 4.22. The highest BCUT2D eigenvalue weighted by Gasteiger charge is 2.28. The summed E-state index contributed by atoms with van der Waals surface area (Å²) in [5, 5.41) is 5.03. The third kappa shape index (κ3) is 5.88. The van der Waals surface area contributed by atoms with Gasteiger partial charge in [-0.15, -0.1) is 0 Å². The number of fused-ring (bicyclic) bond motifs is 1. The van der Waals surface area contributed by atoms with Crippen LogP contribution in [0, 0.1) is 0 Å². The Morgan fingerprint density at radius 1 is 1.00 bits per heavy atom. The molecule has 0 saturated carbocycles. The molecule has 0 aromatic heterocycles. The molecule has 0 fully saturated rings. The van der Waals surface area contributed by atoms with Gasteiger partial charge in [-0.05, 0) is 51.2 Å². The first kappa shape index (κ1) is 23.8. The lowest BCUT2D eigenvalue weighted by Crippen LogP contribution is -2.50. The molecule has 0 aliphatic heterocycles. The van der Waals surface area contributed by atoms with Gasteiger partial charge in [0.25, 0.3) is 5.91 Å². The lowest BCUT2D eigenvalue weighted by atomic mass is 10.1. The summed E-state index contributed by atoms with van der Waals surface area (Å²) in [4.78, 5) is 27.7. The van der Waals surface area contributed by atoms with Crippen molar-refractivity contribution in [2.24, 2.45) is 0 Å². The van der Waals surface area contributed by atoms with Gasteiger partial charge in [-0.1, -0.05) is 74.5 Å². The number of hydrogen-bond donors (Lipinski definition) is 1. The minimum absolute atomic E-state index is 0.134. The summed E-state index contributed by atoms with van der Waals surface area (Å²) in [6, 6.07) is 20.9. The highest BCUT2D eigenvalue weighted by atomic mass is 79.9. The monoisotopic (exact) mass is 496 g/mol. The summed E-state index contributed by atoms with van der Waals surface area (Å²) < 4.78 is 6.72. The topological polar surface area (TPSA) is 58.6 Å². The molecule has 168 valence electrons. The highest BCUT2D eigenvalue weighted by Crippen LogP contribution is 2.33. The van der Waals surface area contributed by atoms with Crippen LogP contribution in [0.1, 0.15) is 32.3 Å². The third-order valence-corrected chi connectivity index (χ3v) is 6.13. The molecule has 2 amide bonds. The fourth-order valence-electron chi connectivity index (χ4n) is 3.61. The van der Waals surface area contributed by atoms with Crippen LogP contribution in [0.2, 0.25) is 0 Å². The maximum absolute atomic E-state index is 13.3. The van der Waals surface area contributed by atoms with Crippen LogP contribution in [0.4, 0.5) is 0 Å². The van der Waals surface area contributed by atoms with Crippen molar-refractivity contribution in [1.82, 2.24) is 10.2 Å². The Balaban J connectivity index is 1.79. The molecule has 1 N–H and O–H groups in total. The van der Waals surface area contributed by atoms with Crippen LogP contribution in [0.25, 0.3) is 10.8 Å². The summed E-state index contributed by atoms with van der Waals surface area (Å²) in [7, 11) is 0. The van der Waals surface area contributed by atoms with Crippen molar-refractivity contribution in [2.45, 2.75) is 39.3 Å². The summed E-state index contributed by atoms with van der Waals surface area (Å²) in [6.45, 7) is 4.70. The zero-order chi connectivity index (χ0) is 22.9. The van der Waals surface area contributed by atoms with E-state index in [0.29, 0.717) is 25.3 Å². The van der Waals surface area contributed by atoms with Crippen molar-refractivity contribution < 1.29 is 14.3 Å². The van der Waals surface area contributed by atoms with Crippen LogP contribution in [-0.2, 0) is 16.1 Å². The second-order valence-corrected chi connectivity index (χ2v) is 8.40. The summed E-state index contributed by atoms with van der Waals surface area (Å²) in [6.07, 6.45) is 1.36. The van der Waals surface area contributed by atoms with Crippen LogP contribution < -0.4 is 10.1 Å². The van der Waals surface area contributed by atoms with E-state index in [-0.39, 0.29) is 18.4 Å². The van der Waals surface area contributed by atoms with Gasteiger partial charge in [0.05, 0.1) is 4.47 Å². The Labute approximate surface area is 197 Å². The van der Waals surface area contributed by atoms with Crippen molar-refractivity contribution in [3.05, 3.63) is 76.8 Å². The zero-order valence-electron chi connectivity index (χ0n) is 18.5. The van der Waals surface area contributed by atoms with Gasteiger partial charge in [0.2, 0.25) is 5.91 Å². The molecule has 5 nitrogen and oxygen atoms in total. The van der Waals surface area contributed by atoms with Crippen LogP contribution in [0.5, 0.6) is 5.75 Å². The lowest BCUT2D eigenvalue weighted by Gasteiger charge is -2.30. The SMILES string of the molecule is CCCNC(=O)[C@H](CC)N(Cc1ccccc1)C(=O)COc1ccc2ccccc2c1Br. The Morgan fingerprint density at radius 3 is 2.44 bits per heavy atom. The minimum Gasteiger partial charge on any atom is -0.483 e. The minimum atomic E-state index is -0.557. The number of nitrogens with one attached hydrogen (secondary N) is 1. The highest BCUT2D eigenvalue weighted by molar-refractivity contribution is 9.10. The smallest absolute Gasteiger partial charge is 0.261 e. The average Bonchev–Trinajstić information content (AvgIpc) is 2.82. The van der Waals surface area contributed by atoms with E-state index in [4.69, 9.17) is 4.74 Å². The van der Waals surface area contributed by atoms with Gasteiger partial charge in [-0.2, -0.15) is 0 Å². The number of halogens is 1. The molecular weight excluding hydrogens is 468 g/mol. The standard InChI is InChI=1S/C26H29BrN2O3/c1-3-16-28-26(31)22(4-2)29(17-19-10-6-5-7-11-19)24(30)18-32-23-15-14-20-12-8-9-13-21(20)25(23)27/h5-15,22H,3-4,16-18H2,1-2H3,(H,28,31)/t22-/m0/s1. The Hall–Kier alpha value is -2.86. The van der Waals surface area contributed by atoms with E-state index in [1.165, 1.54) is 0 Å². The molecular formula is C26H29BrN2O3. The van der Waals surface area contributed by atoms with E-state index in [1.54, 1.807) is 4.90 Å². The van der Waals surface area contributed by atoms with E-state index in [2.05, 4.69) is 21.2 Å². The van der Waals surface area contributed by atoms with Gasteiger partial charge < -0.3 is 15.0 Å². The number of carbonyl (C=O) groups excluding carboxylic acids is 2. The first-order valence-corrected chi connectivity index (χ1v) is 11.8. The van der Waals surface area contributed by atoms with Gasteiger partial charge in [0.1, 0.15) is 11.8 Å². The Kier molecular flexibility index (Phi) is 8.68. The molecule has 0 aliphatic carbocycles. The zero-order valence-corrected chi connectivity index (χ0v) is 20.1. The first-order chi connectivity index (χ1) is 15.5. The van der Waals surface area contributed by atoms with Crippen molar-refractivity contribution in [2.75, 3.05) is 13.2 Å². The second kappa shape index (κ2) is 11.7. The maximum atomic E-state index is 13.3. The van der Waals surface area contributed by atoms with E-state index < -0.39 is 6.04 Å². The van der Waals surface area contributed by atoms with E-state index >= 15 is 0 Å². The number of ether oxygens (including phenoxy) is 1. The van der Waals surface area contributed by atoms with Gasteiger partial charge in [0, 0.05) is 13.1 Å². The van der Waals surface area contributed by atoms with Crippen molar-refractivity contribution in [1.29, 1.82) is 0 Å². The Bertz CT molecular complexity index is 1060. The van der Waals surface area contributed by atoms with Gasteiger partial charge in [0.15, 0.2) is 6.61 Å². The third-order valence-electron chi connectivity index (χ3n) is 5.31. The molecule has 3 aromatic rings. The van der Waals surface area contributed by atoms with Crippen molar-refractivity contribution in [3.63, 3.8) is 0 Å². The van der Waals surface area contributed by atoms with E-state index in [0.717, 1.165) is 27.2 Å². The molecule has 0 aliphatic rings. The normalized spacial score (nSPS) is 11.7. The largest absolute Gasteiger partial charge is 0.483 e. The second-order valence-electron chi connectivity index (χ2n) is 7.61. The van der Waals surface area contributed by atoms with Gasteiger partial charge >= 0.3 is 0 Å². The predicted octanol–water partition coefficient (Wildman–Crippen LogP) is 5.31. The number of carbonyl (C=O) groups is 2. The molecule has 1 atom stereocenters. The molecule has 0 heterocycles. The molecule has 0 spiro atoms. The van der Waals surface area contributed by atoms with Crippen LogP contribution >= 0.6 is 15.9 Å². The lowest BCUT2D eigenvalue weighted by molar-refractivity contribution is -0.143. The average molecular weight is 497 g/mol. The van der Waals surface area contributed by atoms with Crippen molar-refractivity contribution >= 4 is 38.5 Å². The molecule has 0 bridgehead atoms. The quantitative estimate of drug-likeness (QED) is 0.413. The molecule has 0 radical (unpaired) electrons. The fraction of sp³-hybridized carbons (Fsp3) is 0.308. The van der Waals surface area contributed by atoms with Crippen LogP contribution in [-0.4, -0.2) is 35.9 Å². The van der Waals surface area contributed by atoms with Crippen LogP contribution in [0.3, 0.4) is 0 Å². The van der Waals surface area contributed by atoms with Gasteiger partial charge in [-0.25, -0.2) is 0 Å². The maximum Gasteiger partial charge on any atom is 0.261 e.